The van der Waals surface area contributed by atoms with E-state index in [-0.39, 0.29) is 18.4 Å². The Kier molecular flexibility index (Phi) is 6.01. The summed E-state index contributed by atoms with van der Waals surface area (Å²) in [4.78, 5) is 10.8. The monoisotopic (exact) mass is 283 g/mol. The van der Waals surface area contributed by atoms with Gasteiger partial charge in [-0.1, -0.05) is 0 Å². The zero-order chi connectivity index (χ0) is 12.8. The van der Waals surface area contributed by atoms with Gasteiger partial charge in [-0.25, -0.2) is 9.97 Å². The second-order valence-electron chi connectivity index (χ2n) is 4.13. The molecule has 8 heteroatoms. The number of rotatable bonds is 3. The van der Waals surface area contributed by atoms with E-state index in [1.165, 1.54) is 25.5 Å². The molecular weight excluding hydrogens is 266 g/mol. The maximum atomic E-state index is 5.15. The predicted molar refractivity (Wildman–Crippen MR) is 78.7 cm³/mol. The number of aromatic nitrogens is 2. The van der Waals surface area contributed by atoms with E-state index in [4.69, 9.17) is 11.5 Å². The van der Waals surface area contributed by atoms with Gasteiger partial charge in [0.2, 0.25) is 11.9 Å². The van der Waals surface area contributed by atoms with Crippen LogP contribution in [0.2, 0.25) is 0 Å². The minimum absolute atomic E-state index is 0. The summed E-state index contributed by atoms with van der Waals surface area (Å²) in [6.07, 6.45) is 8.64. The number of piperidine rings is 1. The van der Waals surface area contributed by atoms with Crippen molar-refractivity contribution in [1.29, 1.82) is 0 Å². The molecule has 1 saturated heterocycles. The van der Waals surface area contributed by atoms with Gasteiger partial charge in [-0.2, -0.15) is 5.10 Å². The molecule has 4 N–H and O–H groups in total. The lowest BCUT2D eigenvalue weighted by molar-refractivity contribution is 0.568. The van der Waals surface area contributed by atoms with E-state index in [0.29, 0.717) is 0 Å². The van der Waals surface area contributed by atoms with Crippen molar-refractivity contribution in [2.75, 3.05) is 18.0 Å². The molecule has 19 heavy (non-hydrogen) atoms. The number of nitrogens with zero attached hydrogens (tertiary/aromatic N) is 5. The summed E-state index contributed by atoms with van der Waals surface area (Å²) in [5.41, 5.74) is 11.1. The van der Waals surface area contributed by atoms with E-state index < -0.39 is 0 Å². The highest BCUT2D eigenvalue weighted by molar-refractivity contribution is 5.85. The molecule has 0 radical (unpaired) electrons. The van der Waals surface area contributed by atoms with Crippen LogP contribution >= 0.6 is 12.4 Å². The maximum Gasteiger partial charge on any atom is 0.225 e. The number of nitrogens with two attached hydrogens (primary N) is 2. The summed E-state index contributed by atoms with van der Waals surface area (Å²) in [5.74, 6) is 0.700. The first-order chi connectivity index (χ1) is 8.75. The van der Waals surface area contributed by atoms with Gasteiger partial charge in [0.1, 0.15) is 0 Å². The molecule has 104 valence electrons. The third-order valence-corrected chi connectivity index (χ3v) is 2.68. The molecule has 0 unspecified atom stereocenters. The summed E-state index contributed by atoms with van der Waals surface area (Å²) in [5, 5.41) is 7.21. The van der Waals surface area contributed by atoms with Gasteiger partial charge in [0.25, 0.3) is 0 Å². The Labute approximate surface area is 118 Å². The van der Waals surface area contributed by atoms with Crippen molar-refractivity contribution >= 4 is 30.5 Å². The zero-order valence-corrected chi connectivity index (χ0v) is 11.4. The molecule has 1 aliphatic heterocycles. The molecular formula is C11H18ClN7. The average molecular weight is 284 g/mol. The van der Waals surface area contributed by atoms with E-state index in [1.807, 2.05) is 0 Å². The Morgan fingerprint density at radius 2 is 1.79 bits per heavy atom. The first-order valence-corrected chi connectivity index (χ1v) is 5.94. The minimum atomic E-state index is -0.0721. The first kappa shape index (κ1) is 15.2. The van der Waals surface area contributed by atoms with Gasteiger partial charge in [0.15, 0.2) is 0 Å². The van der Waals surface area contributed by atoms with Crippen LogP contribution in [0, 0.1) is 0 Å². The average Bonchev–Trinajstić information content (AvgIpc) is 2.40. The molecule has 1 fully saturated rings. The third-order valence-electron chi connectivity index (χ3n) is 2.68. The minimum Gasteiger partial charge on any atom is -0.369 e. The van der Waals surface area contributed by atoms with Crippen molar-refractivity contribution in [3.63, 3.8) is 0 Å². The summed E-state index contributed by atoms with van der Waals surface area (Å²) in [6.45, 7) is 2.06. The van der Waals surface area contributed by atoms with Crippen LogP contribution in [-0.4, -0.2) is 35.2 Å². The molecule has 0 saturated carbocycles. The number of anilines is 1. The van der Waals surface area contributed by atoms with E-state index in [1.54, 1.807) is 12.4 Å². The fourth-order valence-corrected chi connectivity index (χ4v) is 1.82. The third kappa shape index (κ3) is 4.70. The SMILES string of the molecule is Cl.NC(N)=NN=Cc1cnc(N2CCCCC2)nc1. The number of guanidine groups is 1. The van der Waals surface area contributed by atoms with Crippen LogP contribution in [0.4, 0.5) is 5.95 Å². The molecule has 1 aliphatic rings. The van der Waals surface area contributed by atoms with E-state index >= 15 is 0 Å². The molecule has 0 aromatic carbocycles. The highest BCUT2D eigenvalue weighted by Crippen LogP contribution is 2.14. The van der Waals surface area contributed by atoms with E-state index in [9.17, 15) is 0 Å². The zero-order valence-electron chi connectivity index (χ0n) is 10.6. The summed E-state index contributed by atoms with van der Waals surface area (Å²) in [6, 6.07) is 0. The van der Waals surface area contributed by atoms with Gasteiger partial charge in [-0.15, -0.1) is 17.5 Å². The van der Waals surface area contributed by atoms with Crippen molar-refractivity contribution in [3.05, 3.63) is 18.0 Å². The quantitative estimate of drug-likeness (QED) is 0.477. The largest absolute Gasteiger partial charge is 0.369 e. The standard InChI is InChI=1S/C11H17N7.ClH/c12-10(13)17-16-8-9-6-14-11(15-7-9)18-4-2-1-3-5-18;/h6-8H,1-5H2,(H4,12,13,17);1H. The summed E-state index contributed by atoms with van der Waals surface area (Å²) >= 11 is 0. The van der Waals surface area contributed by atoms with Crippen molar-refractivity contribution in [3.8, 4) is 0 Å². The molecule has 0 aliphatic carbocycles. The Morgan fingerprint density at radius 1 is 1.16 bits per heavy atom. The Balaban J connectivity index is 0.00000180. The van der Waals surface area contributed by atoms with Crippen LogP contribution in [-0.2, 0) is 0 Å². The van der Waals surface area contributed by atoms with Crippen LogP contribution in [0.25, 0.3) is 0 Å². The molecule has 2 rings (SSSR count). The summed E-state index contributed by atoms with van der Waals surface area (Å²) in [7, 11) is 0. The van der Waals surface area contributed by atoms with E-state index in [0.717, 1.165) is 24.6 Å². The van der Waals surface area contributed by atoms with Crippen molar-refractivity contribution in [2.24, 2.45) is 21.7 Å². The molecule has 1 aromatic heterocycles. The second-order valence-corrected chi connectivity index (χ2v) is 4.13. The fourth-order valence-electron chi connectivity index (χ4n) is 1.82. The lowest BCUT2D eigenvalue weighted by Crippen LogP contribution is -2.30. The summed E-state index contributed by atoms with van der Waals surface area (Å²) < 4.78 is 0. The molecule has 0 spiro atoms. The van der Waals surface area contributed by atoms with Crippen molar-refractivity contribution in [1.82, 2.24) is 9.97 Å². The maximum absolute atomic E-state index is 5.15. The van der Waals surface area contributed by atoms with Gasteiger partial charge in [-0.05, 0) is 19.3 Å². The van der Waals surface area contributed by atoms with Gasteiger partial charge in [0.05, 0.1) is 6.21 Å². The number of hydrogen-bond donors (Lipinski definition) is 2. The Hall–Kier alpha value is -1.89. The van der Waals surface area contributed by atoms with Gasteiger partial charge >= 0.3 is 0 Å². The van der Waals surface area contributed by atoms with Gasteiger partial charge in [-0.3, -0.25) is 0 Å². The predicted octanol–water partition coefficient (Wildman–Crippen LogP) is 0.496. The van der Waals surface area contributed by atoms with Crippen LogP contribution < -0.4 is 16.4 Å². The molecule has 7 nitrogen and oxygen atoms in total. The van der Waals surface area contributed by atoms with Crippen molar-refractivity contribution < 1.29 is 0 Å². The topological polar surface area (TPSA) is 106 Å². The van der Waals surface area contributed by atoms with Crippen LogP contribution in [0.5, 0.6) is 0 Å². The lowest BCUT2D eigenvalue weighted by Gasteiger charge is -2.26. The van der Waals surface area contributed by atoms with Crippen LogP contribution in [0.3, 0.4) is 0 Å². The molecule has 0 bridgehead atoms. The lowest BCUT2D eigenvalue weighted by atomic mass is 10.1. The highest BCUT2D eigenvalue weighted by Gasteiger charge is 2.12. The number of hydrogen-bond acceptors (Lipinski definition) is 5. The fraction of sp³-hybridized carbons (Fsp3) is 0.455. The Morgan fingerprint density at radius 3 is 2.37 bits per heavy atom. The molecule has 0 amide bonds. The number of halogens is 1. The van der Waals surface area contributed by atoms with E-state index in [2.05, 4.69) is 25.1 Å². The molecule has 1 aromatic rings. The normalized spacial score (nSPS) is 15.1. The van der Waals surface area contributed by atoms with Gasteiger partial charge < -0.3 is 16.4 Å². The van der Waals surface area contributed by atoms with Crippen LogP contribution in [0.1, 0.15) is 24.8 Å². The first-order valence-electron chi connectivity index (χ1n) is 5.94. The molecule has 0 atom stereocenters. The Bertz CT molecular complexity index is 433. The van der Waals surface area contributed by atoms with Gasteiger partial charge in [0, 0.05) is 31.0 Å². The highest BCUT2D eigenvalue weighted by atomic mass is 35.5. The smallest absolute Gasteiger partial charge is 0.225 e. The second kappa shape index (κ2) is 7.52. The van der Waals surface area contributed by atoms with Crippen molar-refractivity contribution in [2.45, 2.75) is 19.3 Å². The molecule has 2 heterocycles. The van der Waals surface area contributed by atoms with Crippen LogP contribution in [0.15, 0.2) is 22.6 Å².